The van der Waals surface area contributed by atoms with Gasteiger partial charge in [0.25, 0.3) is 0 Å². The first-order valence-corrected chi connectivity index (χ1v) is 6.77. The number of hydrogen-bond acceptors (Lipinski definition) is 3. The topological polar surface area (TPSA) is 57.6 Å². The first kappa shape index (κ1) is 11.9. The molecule has 1 N–H and O–H groups in total. The standard InChI is InChI=1S/C14H11NO3S/c16-13-6-11-5-10(14(17)18)1-2-12(11)15(13)7-9-3-4-19-8-9/h1-5,8H,6-7H2,(H,17,18). The summed E-state index contributed by atoms with van der Waals surface area (Å²) in [5.74, 6) is -0.949. The van der Waals surface area contributed by atoms with Crippen molar-refractivity contribution in [1.29, 1.82) is 0 Å². The van der Waals surface area contributed by atoms with Gasteiger partial charge in [0.1, 0.15) is 0 Å². The fourth-order valence-electron chi connectivity index (χ4n) is 2.25. The fraction of sp³-hybridized carbons (Fsp3) is 0.143. The van der Waals surface area contributed by atoms with Gasteiger partial charge < -0.3 is 10.0 Å². The van der Waals surface area contributed by atoms with Crippen molar-refractivity contribution < 1.29 is 14.7 Å². The quantitative estimate of drug-likeness (QED) is 0.935. The maximum Gasteiger partial charge on any atom is 0.335 e. The molecule has 0 fully saturated rings. The summed E-state index contributed by atoms with van der Waals surface area (Å²) in [4.78, 5) is 24.7. The number of aromatic carboxylic acids is 1. The summed E-state index contributed by atoms with van der Waals surface area (Å²) in [7, 11) is 0. The van der Waals surface area contributed by atoms with Crippen LogP contribution in [0, 0.1) is 0 Å². The zero-order valence-electron chi connectivity index (χ0n) is 10.00. The van der Waals surface area contributed by atoms with Crippen LogP contribution in [0.3, 0.4) is 0 Å². The van der Waals surface area contributed by atoms with E-state index in [0.29, 0.717) is 6.54 Å². The number of carboxylic acids is 1. The average Bonchev–Trinajstić information content (AvgIpc) is 2.98. The second kappa shape index (κ2) is 4.51. The predicted molar refractivity (Wildman–Crippen MR) is 72.6 cm³/mol. The van der Waals surface area contributed by atoms with Crippen molar-refractivity contribution in [3.8, 4) is 0 Å². The number of thiophene rings is 1. The van der Waals surface area contributed by atoms with Crippen molar-refractivity contribution in [1.82, 2.24) is 0 Å². The Morgan fingerprint density at radius 3 is 2.89 bits per heavy atom. The maximum absolute atomic E-state index is 12.0. The molecule has 0 radical (unpaired) electrons. The second-order valence-corrected chi connectivity index (χ2v) is 5.22. The highest BCUT2D eigenvalue weighted by Gasteiger charge is 2.28. The number of hydrogen-bond donors (Lipinski definition) is 1. The van der Waals surface area contributed by atoms with Crippen LogP contribution in [0.1, 0.15) is 21.5 Å². The van der Waals surface area contributed by atoms with Crippen molar-refractivity contribution in [2.45, 2.75) is 13.0 Å². The summed E-state index contributed by atoms with van der Waals surface area (Å²) >= 11 is 1.60. The van der Waals surface area contributed by atoms with Crippen LogP contribution in [0.15, 0.2) is 35.0 Å². The lowest BCUT2D eigenvalue weighted by molar-refractivity contribution is -0.117. The van der Waals surface area contributed by atoms with Crippen molar-refractivity contribution in [2.24, 2.45) is 0 Å². The van der Waals surface area contributed by atoms with E-state index < -0.39 is 5.97 Å². The fourth-order valence-corrected chi connectivity index (χ4v) is 2.91. The zero-order chi connectivity index (χ0) is 13.4. The molecule has 1 amide bonds. The van der Waals surface area contributed by atoms with E-state index in [1.807, 2.05) is 16.8 Å². The molecule has 19 heavy (non-hydrogen) atoms. The molecule has 2 aromatic rings. The molecule has 0 atom stereocenters. The van der Waals surface area contributed by atoms with E-state index in [2.05, 4.69) is 0 Å². The Morgan fingerprint density at radius 2 is 2.21 bits per heavy atom. The van der Waals surface area contributed by atoms with Gasteiger partial charge in [0.15, 0.2) is 0 Å². The Kier molecular flexibility index (Phi) is 2.83. The molecule has 0 unspecified atom stereocenters. The first-order chi connectivity index (χ1) is 9.15. The van der Waals surface area contributed by atoms with Crippen LogP contribution in [0.4, 0.5) is 5.69 Å². The summed E-state index contributed by atoms with van der Waals surface area (Å²) in [6, 6.07) is 6.83. The number of fused-ring (bicyclic) bond motifs is 1. The molecule has 1 aliphatic heterocycles. The third-order valence-electron chi connectivity index (χ3n) is 3.18. The van der Waals surface area contributed by atoms with Crippen LogP contribution >= 0.6 is 11.3 Å². The average molecular weight is 273 g/mol. The van der Waals surface area contributed by atoms with Crippen LogP contribution in [-0.4, -0.2) is 17.0 Å². The van der Waals surface area contributed by atoms with Gasteiger partial charge >= 0.3 is 5.97 Å². The van der Waals surface area contributed by atoms with Gasteiger partial charge in [-0.2, -0.15) is 11.3 Å². The number of carboxylic acid groups (broad SMARTS) is 1. The number of carbonyl (C=O) groups is 2. The molecule has 1 aromatic heterocycles. The zero-order valence-corrected chi connectivity index (χ0v) is 10.8. The maximum atomic E-state index is 12.0. The van der Waals surface area contributed by atoms with Gasteiger partial charge in [-0.3, -0.25) is 4.79 Å². The largest absolute Gasteiger partial charge is 0.478 e. The van der Waals surface area contributed by atoms with Gasteiger partial charge in [-0.25, -0.2) is 4.79 Å². The van der Waals surface area contributed by atoms with Crippen LogP contribution < -0.4 is 4.90 Å². The monoisotopic (exact) mass is 273 g/mol. The van der Waals surface area contributed by atoms with E-state index in [9.17, 15) is 9.59 Å². The molecule has 0 saturated heterocycles. The Bertz CT molecular complexity index is 649. The molecule has 1 aliphatic rings. The van der Waals surface area contributed by atoms with Crippen LogP contribution in [0.5, 0.6) is 0 Å². The molecule has 4 nitrogen and oxygen atoms in total. The minimum atomic E-state index is -0.966. The van der Waals surface area contributed by atoms with E-state index in [4.69, 9.17) is 5.11 Å². The molecule has 96 valence electrons. The molecule has 5 heteroatoms. The van der Waals surface area contributed by atoms with E-state index >= 15 is 0 Å². The number of amides is 1. The molecule has 0 saturated carbocycles. The minimum Gasteiger partial charge on any atom is -0.478 e. The number of carbonyl (C=O) groups excluding carboxylic acids is 1. The van der Waals surface area contributed by atoms with Crippen molar-refractivity contribution in [3.05, 3.63) is 51.7 Å². The summed E-state index contributed by atoms with van der Waals surface area (Å²) in [5, 5.41) is 12.9. The molecule has 1 aromatic carbocycles. The van der Waals surface area contributed by atoms with Crippen LogP contribution in [0.2, 0.25) is 0 Å². The third kappa shape index (κ3) is 2.13. The van der Waals surface area contributed by atoms with E-state index in [-0.39, 0.29) is 17.9 Å². The SMILES string of the molecule is O=C(O)c1ccc2c(c1)CC(=O)N2Cc1ccsc1. The normalized spacial score (nSPS) is 13.7. The van der Waals surface area contributed by atoms with E-state index in [1.54, 1.807) is 34.4 Å². The molecule has 2 heterocycles. The van der Waals surface area contributed by atoms with Crippen LogP contribution in [0.25, 0.3) is 0 Å². The Balaban J connectivity index is 1.94. The van der Waals surface area contributed by atoms with Gasteiger partial charge in [-0.1, -0.05) is 0 Å². The van der Waals surface area contributed by atoms with E-state index in [1.165, 1.54) is 0 Å². The highest BCUT2D eigenvalue weighted by atomic mass is 32.1. The summed E-state index contributed by atoms with van der Waals surface area (Å²) < 4.78 is 0. The van der Waals surface area contributed by atoms with Crippen molar-refractivity contribution in [2.75, 3.05) is 4.90 Å². The van der Waals surface area contributed by atoms with Gasteiger partial charge in [0.2, 0.25) is 5.91 Å². The second-order valence-electron chi connectivity index (χ2n) is 4.44. The number of rotatable bonds is 3. The summed E-state index contributed by atoms with van der Waals surface area (Å²) in [6.07, 6.45) is 0.278. The Morgan fingerprint density at radius 1 is 1.37 bits per heavy atom. The number of benzene rings is 1. The van der Waals surface area contributed by atoms with Gasteiger partial charge in [0, 0.05) is 5.69 Å². The van der Waals surface area contributed by atoms with Crippen LogP contribution in [-0.2, 0) is 17.8 Å². The van der Waals surface area contributed by atoms with E-state index in [0.717, 1.165) is 16.8 Å². The minimum absolute atomic E-state index is 0.0174. The molecule has 3 rings (SSSR count). The van der Waals surface area contributed by atoms with Gasteiger partial charge in [-0.15, -0.1) is 0 Å². The molecule has 0 spiro atoms. The lowest BCUT2D eigenvalue weighted by atomic mass is 10.1. The first-order valence-electron chi connectivity index (χ1n) is 5.83. The molecular weight excluding hydrogens is 262 g/mol. The smallest absolute Gasteiger partial charge is 0.335 e. The summed E-state index contributed by atoms with van der Waals surface area (Å²) in [6.45, 7) is 0.543. The van der Waals surface area contributed by atoms with Gasteiger partial charge in [0.05, 0.1) is 18.5 Å². The van der Waals surface area contributed by atoms with Crippen molar-refractivity contribution >= 4 is 28.9 Å². The number of nitrogens with zero attached hydrogens (tertiary/aromatic N) is 1. The third-order valence-corrected chi connectivity index (χ3v) is 3.91. The predicted octanol–water partition coefficient (Wildman–Crippen LogP) is 2.54. The Labute approximate surface area is 113 Å². The molecule has 0 bridgehead atoms. The summed E-state index contributed by atoms with van der Waals surface area (Å²) in [5.41, 5.74) is 2.93. The van der Waals surface area contributed by atoms with Crippen molar-refractivity contribution in [3.63, 3.8) is 0 Å². The molecular formula is C14H11NO3S. The molecule has 0 aliphatic carbocycles. The van der Waals surface area contributed by atoms with Gasteiger partial charge in [-0.05, 0) is 46.2 Å². The number of anilines is 1. The lowest BCUT2D eigenvalue weighted by Crippen LogP contribution is -2.25. The highest BCUT2D eigenvalue weighted by molar-refractivity contribution is 7.07. The Hall–Kier alpha value is -2.14. The highest BCUT2D eigenvalue weighted by Crippen LogP contribution is 2.31. The lowest BCUT2D eigenvalue weighted by Gasteiger charge is -2.16.